The molecule has 21 heavy (non-hydrogen) atoms. The Bertz CT molecular complexity index is 668. The number of carboxylic acid groups (broad SMARTS) is 1. The van der Waals surface area contributed by atoms with Crippen LogP contribution in [0.1, 0.15) is 26.7 Å². The Hall–Kier alpha value is -2.38. The molecule has 1 aromatic carbocycles. The van der Waals surface area contributed by atoms with Crippen LogP contribution >= 0.6 is 0 Å². The monoisotopic (exact) mass is 296 g/mol. The first kappa shape index (κ1) is 15.0. The maximum atomic E-state index is 13.9. The Morgan fingerprint density at radius 2 is 2.00 bits per heavy atom. The third kappa shape index (κ3) is 2.37. The highest BCUT2D eigenvalue weighted by Crippen LogP contribution is 2.30. The fourth-order valence-corrected chi connectivity index (χ4v) is 2.26. The van der Waals surface area contributed by atoms with E-state index < -0.39 is 23.1 Å². The van der Waals surface area contributed by atoms with E-state index >= 15 is 0 Å². The normalized spacial score (nSPS) is 11.6. The summed E-state index contributed by atoms with van der Waals surface area (Å²) in [6, 6.07) is 2.96. The molecule has 2 aromatic rings. The lowest BCUT2D eigenvalue weighted by Gasteiger charge is -2.27. The third-order valence-electron chi connectivity index (χ3n) is 3.61. The Balaban J connectivity index is 2.64. The van der Waals surface area contributed by atoms with E-state index in [4.69, 9.17) is 0 Å². The molecule has 8 heteroatoms. The number of aromatic nitrogens is 4. The maximum Gasteiger partial charge on any atom is 0.331 e. The van der Waals surface area contributed by atoms with Gasteiger partial charge in [-0.2, -0.15) is 0 Å². The Morgan fingerprint density at radius 3 is 2.52 bits per heavy atom. The number of carbonyl (C=O) groups is 1. The number of rotatable bonds is 5. The molecule has 1 N–H and O–H groups in total. The molecule has 2 rings (SSSR count). The van der Waals surface area contributed by atoms with E-state index in [-0.39, 0.29) is 24.2 Å². The van der Waals surface area contributed by atoms with Crippen molar-refractivity contribution >= 4 is 5.97 Å². The predicted molar refractivity (Wildman–Crippen MR) is 69.4 cm³/mol. The van der Waals surface area contributed by atoms with Gasteiger partial charge >= 0.3 is 5.97 Å². The van der Waals surface area contributed by atoms with Crippen LogP contribution in [0, 0.1) is 11.6 Å². The van der Waals surface area contributed by atoms with Crippen molar-refractivity contribution in [3.05, 3.63) is 29.8 Å². The summed E-state index contributed by atoms with van der Waals surface area (Å²) in [6.07, 6.45) is 0.444. The average molecular weight is 296 g/mol. The second-order valence-electron chi connectivity index (χ2n) is 4.58. The molecule has 1 heterocycles. The van der Waals surface area contributed by atoms with Crippen LogP contribution in [0.4, 0.5) is 8.78 Å². The molecule has 0 radical (unpaired) electrons. The molecule has 6 nitrogen and oxygen atoms in total. The molecule has 0 bridgehead atoms. The van der Waals surface area contributed by atoms with Gasteiger partial charge in [-0.1, -0.05) is 13.8 Å². The number of hydrogen-bond acceptors (Lipinski definition) is 4. The quantitative estimate of drug-likeness (QED) is 0.915. The van der Waals surface area contributed by atoms with Crippen LogP contribution in [0.3, 0.4) is 0 Å². The minimum Gasteiger partial charge on any atom is -0.479 e. The van der Waals surface area contributed by atoms with Crippen molar-refractivity contribution in [2.45, 2.75) is 32.2 Å². The van der Waals surface area contributed by atoms with Crippen molar-refractivity contribution in [1.29, 1.82) is 0 Å². The first-order valence-corrected chi connectivity index (χ1v) is 6.44. The number of hydrogen-bond donors (Lipinski definition) is 1. The molecule has 0 aliphatic carbocycles. The number of tetrazole rings is 1. The van der Waals surface area contributed by atoms with Gasteiger partial charge in [-0.25, -0.2) is 18.3 Å². The predicted octanol–water partition coefficient (Wildman–Crippen LogP) is 2.22. The van der Waals surface area contributed by atoms with Crippen LogP contribution in [0.5, 0.6) is 0 Å². The minimum atomic E-state index is -1.38. The summed E-state index contributed by atoms with van der Waals surface area (Å²) in [5, 5.41) is 20.4. The zero-order valence-corrected chi connectivity index (χ0v) is 11.5. The topological polar surface area (TPSA) is 80.9 Å². The lowest BCUT2D eigenvalue weighted by Crippen LogP contribution is -2.42. The van der Waals surface area contributed by atoms with Crippen LogP contribution in [0.15, 0.2) is 18.2 Å². The number of aliphatic carboxylic acids is 1. The van der Waals surface area contributed by atoms with Gasteiger partial charge in [0.15, 0.2) is 11.4 Å². The molecule has 0 fully saturated rings. The summed E-state index contributed by atoms with van der Waals surface area (Å²) in [7, 11) is 0. The molecule has 1 aromatic heterocycles. The van der Waals surface area contributed by atoms with Crippen molar-refractivity contribution in [2.24, 2.45) is 0 Å². The lowest BCUT2D eigenvalue weighted by atomic mass is 9.92. The van der Waals surface area contributed by atoms with E-state index in [1.807, 2.05) is 0 Å². The van der Waals surface area contributed by atoms with Gasteiger partial charge in [-0.05, 0) is 35.4 Å². The van der Waals surface area contributed by atoms with Crippen LogP contribution in [-0.2, 0) is 10.3 Å². The van der Waals surface area contributed by atoms with Gasteiger partial charge in [0.05, 0.1) is 5.56 Å². The summed E-state index contributed by atoms with van der Waals surface area (Å²) in [5.41, 5.74) is -1.42. The first-order chi connectivity index (χ1) is 9.96. The number of carboxylic acids is 1. The van der Waals surface area contributed by atoms with Crippen molar-refractivity contribution in [1.82, 2.24) is 20.2 Å². The number of nitrogens with zero attached hydrogens (tertiary/aromatic N) is 4. The Kier molecular flexibility index (Phi) is 3.97. The summed E-state index contributed by atoms with van der Waals surface area (Å²) in [4.78, 5) is 11.6. The SMILES string of the molecule is CCC(CC)(C(=O)O)n1nnnc1-c1ccc(F)cc1F. The zero-order valence-electron chi connectivity index (χ0n) is 11.5. The van der Waals surface area contributed by atoms with Crippen molar-refractivity contribution in [3.63, 3.8) is 0 Å². The molecule has 0 saturated carbocycles. The molecular weight excluding hydrogens is 282 g/mol. The zero-order chi connectivity index (χ0) is 15.6. The van der Waals surface area contributed by atoms with E-state index in [1.165, 1.54) is 6.07 Å². The largest absolute Gasteiger partial charge is 0.479 e. The molecule has 0 amide bonds. The number of benzene rings is 1. The molecule has 0 saturated heterocycles. The van der Waals surface area contributed by atoms with Gasteiger partial charge in [0.2, 0.25) is 0 Å². The summed E-state index contributed by atoms with van der Waals surface area (Å²) in [5.74, 6) is -2.73. The second kappa shape index (κ2) is 5.55. The van der Waals surface area contributed by atoms with Crippen LogP contribution in [0.25, 0.3) is 11.4 Å². The Morgan fingerprint density at radius 1 is 1.33 bits per heavy atom. The van der Waals surface area contributed by atoms with E-state index in [1.54, 1.807) is 13.8 Å². The van der Waals surface area contributed by atoms with Gasteiger partial charge in [0, 0.05) is 6.07 Å². The second-order valence-corrected chi connectivity index (χ2v) is 4.58. The van der Waals surface area contributed by atoms with E-state index in [9.17, 15) is 18.7 Å². The van der Waals surface area contributed by atoms with Crippen molar-refractivity contribution in [3.8, 4) is 11.4 Å². The van der Waals surface area contributed by atoms with Crippen molar-refractivity contribution < 1.29 is 18.7 Å². The molecular formula is C13H14F2N4O2. The average Bonchev–Trinajstić information content (AvgIpc) is 2.90. The van der Waals surface area contributed by atoms with E-state index in [0.717, 1.165) is 10.7 Å². The van der Waals surface area contributed by atoms with Crippen LogP contribution in [0.2, 0.25) is 0 Å². The summed E-state index contributed by atoms with van der Waals surface area (Å²) >= 11 is 0. The molecule has 0 aliphatic rings. The highest BCUT2D eigenvalue weighted by molar-refractivity contribution is 5.77. The maximum absolute atomic E-state index is 13.9. The summed E-state index contributed by atoms with van der Waals surface area (Å²) < 4.78 is 28.0. The van der Waals surface area contributed by atoms with Gasteiger partial charge < -0.3 is 5.11 Å². The Labute approximate surface area is 119 Å². The molecule has 112 valence electrons. The smallest absolute Gasteiger partial charge is 0.331 e. The molecule has 0 atom stereocenters. The molecule has 0 unspecified atom stereocenters. The summed E-state index contributed by atoms with van der Waals surface area (Å²) in [6.45, 7) is 3.37. The molecule has 0 aliphatic heterocycles. The third-order valence-corrected chi connectivity index (χ3v) is 3.61. The van der Waals surface area contributed by atoms with E-state index in [0.29, 0.717) is 6.07 Å². The highest BCUT2D eigenvalue weighted by Gasteiger charge is 2.40. The van der Waals surface area contributed by atoms with E-state index in [2.05, 4.69) is 15.5 Å². The fourth-order valence-electron chi connectivity index (χ4n) is 2.26. The van der Waals surface area contributed by atoms with Crippen LogP contribution in [-0.4, -0.2) is 31.3 Å². The fraction of sp³-hybridized carbons (Fsp3) is 0.385. The minimum absolute atomic E-state index is 0.0430. The first-order valence-electron chi connectivity index (χ1n) is 6.44. The van der Waals surface area contributed by atoms with Gasteiger partial charge in [-0.15, -0.1) is 5.10 Å². The van der Waals surface area contributed by atoms with Crippen molar-refractivity contribution in [2.75, 3.05) is 0 Å². The van der Waals surface area contributed by atoms with Crippen LogP contribution < -0.4 is 0 Å². The number of halogens is 2. The van der Waals surface area contributed by atoms with Gasteiger partial charge in [0.25, 0.3) is 0 Å². The molecule has 0 spiro atoms. The van der Waals surface area contributed by atoms with Gasteiger partial charge in [0.1, 0.15) is 11.6 Å². The standard InChI is InChI=1S/C13H14F2N4O2/c1-3-13(4-2,12(20)21)19-11(16-17-18-19)9-6-5-8(14)7-10(9)15/h5-7H,3-4H2,1-2H3,(H,20,21). The van der Waals surface area contributed by atoms with Gasteiger partial charge in [-0.3, -0.25) is 0 Å². The lowest BCUT2D eigenvalue weighted by molar-refractivity contribution is -0.148. The highest BCUT2D eigenvalue weighted by atomic mass is 19.1.